The molecule has 0 fully saturated rings. The van der Waals surface area contributed by atoms with Crippen LogP contribution in [0.25, 0.3) is 0 Å². The van der Waals surface area contributed by atoms with Crippen molar-refractivity contribution >= 4 is 7.60 Å². The molecule has 2 N–H and O–H groups in total. The van der Waals surface area contributed by atoms with Crippen molar-refractivity contribution in [2.75, 3.05) is 0 Å². The van der Waals surface area contributed by atoms with Gasteiger partial charge in [-0.1, -0.05) is 29.8 Å². The van der Waals surface area contributed by atoms with Crippen LogP contribution >= 0.6 is 7.60 Å². The zero-order chi connectivity index (χ0) is 9.90. The molecule has 0 amide bonds. The molecule has 0 saturated heterocycles. The van der Waals surface area contributed by atoms with Gasteiger partial charge in [-0.3, -0.25) is 4.57 Å². The Bertz CT molecular complexity index is 337. The molecule has 13 heavy (non-hydrogen) atoms. The van der Waals surface area contributed by atoms with E-state index in [2.05, 4.69) is 4.67 Å². The van der Waals surface area contributed by atoms with Gasteiger partial charge in [0.25, 0.3) is 0 Å². The van der Waals surface area contributed by atoms with Crippen molar-refractivity contribution in [3.8, 4) is 0 Å². The molecule has 0 heterocycles. The number of aryl methyl sites for hydroxylation is 1. The Morgan fingerprint density at radius 3 is 2.77 bits per heavy atom. The monoisotopic (exact) mass is 202 g/mol. The van der Waals surface area contributed by atoms with Crippen molar-refractivity contribution in [3.05, 3.63) is 35.4 Å². The molecule has 1 atom stereocenters. The van der Waals surface area contributed by atoms with E-state index in [0.717, 1.165) is 5.56 Å². The van der Waals surface area contributed by atoms with E-state index >= 15 is 0 Å². The lowest BCUT2D eigenvalue weighted by atomic mass is 10.2. The molecule has 72 valence electrons. The van der Waals surface area contributed by atoms with Gasteiger partial charge in [0.05, 0.1) is 6.16 Å². The molecule has 1 unspecified atom stereocenters. The van der Waals surface area contributed by atoms with Crippen LogP contribution < -0.4 is 0 Å². The lowest BCUT2D eigenvalue weighted by molar-refractivity contribution is -0.146. The summed E-state index contributed by atoms with van der Waals surface area (Å²) in [4.78, 5) is 8.95. The maximum absolute atomic E-state index is 10.9. The number of rotatable bonds is 3. The van der Waals surface area contributed by atoms with Crippen LogP contribution in [0.1, 0.15) is 11.1 Å². The van der Waals surface area contributed by atoms with Crippen molar-refractivity contribution in [2.45, 2.75) is 13.1 Å². The summed E-state index contributed by atoms with van der Waals surface area (Å²) in [7, 11) is -3.86. The third-order valence-electron chi connectivity index (χ3n) is 1.59. The van der Waals surface area contributed by atoms with E-state index in [1.807, 2.05) is 13.0 Å². The standard InChI is InChI=1S/C8H11O4P/c1-7-3-2-4-8(5-7)6-13(10,11)12-9/h2-5,9H,6H2,1H3,(H,10,11). The van der Waals surface area contributed by atoms with Crippen molar-refractivity contribution in [3.63, 3.8) is 0 Å². The molecule has 4 nitrogen and oxygen atoms in total. The van der Waals surface area contributed by atoms with Crippen LogP contribution in [-0.2, 0) is 15.4 Å². The summed E-state index contributed by atoms with van der Waals surface area (Å²) >= 11 is 0. The molecular weight excluding hydrogens is 191 g/mol. The lowest BCUT2D eigenvalue weighted by Crippen LogP contribution is -1.90. The second kappa shape index (κ2) is 4.03. The summed E-state index contributed by atoms with van der Waals surface area (Å²) in [5.41, 5.74) is 1.66. The molecule has 0 radical (unpaired) electrons. The Hall–Kier alpha value is -0.670. The first kappa shape index (κ1) is 10.4. The molecule has 1 rings (SSSR count). The summed E-state index contributed by atoms with van der Waals surface area (Å²) in [5, 5.41) is 8.11. The van der Waals surface area contributed by atoms with Crippen molar-refractivity contribution < 1.29 is 19.4 Å². The molecule has 1 aromatic rings. The maximum Gasteiger partial charge on any atom is 0.359 e. The van der Waals surface area contributed by atoms with E-state index in [-0.39, 0.29) is 6.16 Å². The second-order valence-electron chi connectivity index (χ2n) is 2.87. The van der Waals surface area contributed by atoms with Crippen LogP contribution in [0.4, 0.5) is 0 Å². The normalized spacial score (nSPS) is 15.3. The minimum Gasteiger partial charge on any atom is -0.323 e. The van der Waals surface area contributed by atoms with Crippen LogP contribution in [0.15, 0.2) is 24.3 Å². The molecule has 0 aliphatic rings. The van der Waals surface area contributed by atoms with Gasteiger partial charge in [-0.2, -0.15) is 4.67 Å². The molecule has 0 saturated carbocycles. The van der Waals surface area contributed by atoms with Crippen LogP contribution in [0.5, 0.6) is 0 Å². The number of hydrogen-bond donors (Lipinski definition) is 2. The SMILES string of the molecule is Cc1cccc(CP(=O)(O)OO)c1. The zero-order valence-electron chi connectivity index (χ0n) is 7.17. The average Bonchev–Trinajstić information content (AvgIpc) is 2.03. The van der Waals surface area contributed by atoms with Gasteiger partial charge in [0.15, 0.2) is 0 Å². The highest BCUT2D eigenvalue weighted by Crippen LogP contribution is 2.44. The minimum atomic E-state index is -3.86. The average molecular weight is 202 g/mol. The number of benzene rings is 1. The van der Waals surface area contributed by atoms with E-state index in [9.17, 15) is 4.57 Å². The summed E-state index contributed by atoms with van der Waals surface area (Å²) in [6.45, 7) is 1.88. The summed E-state index contributed by atoms with van der Waals surface area (Å²) < 4.78 is 14.4. The lowest BCUT2D eigenvalue weighted by Gasteiger charge is -2.06. The Balaban J connectivity index is 2.81. The first-order chi connectivity index (χ1) is 6.03. The van der Waals surface area contributed by atoms with Gasteiger partial charge in [-0.25, -0.2) is 5.26 Å². The molecule has 0 aliphatic heterocycles. The summed E-state index contributed by atoms with van der Waals surface area (Å²) in [6.07, 6.45) is -0.175. The highest BCUT2D eigenvalue weighted by Gasteiger charge is 2.19. The first-order valence-electron chi connectivity index (χ1n) is 3.74. The Kier molecular flexibility index (Phi) is 3.22. The second-order valence-corrected chi connectivity index (χ2v) is 4.62. The van der Waals surface area contributed by atoms with Crippen LogP contribution in [0.2, 0.25) is 0 Å². The summed E-state index contributed by atoms with van der Waals surface area (Å²) in [6, 6.07) is 7.13. The van der Waals surface area contributed by atoms with Crippen LogP contribution in [0.3, 0.4) is 0 Å². The molecule has 0 spiro atoms. The van der Waals surface area contributed by atoms with Gasteiger partial charge in [0, 0.05) is 0 Å². The topological polar surface area (TPSA) is 66.8 Å². The van der Waals surface area contributed by atoms with Gasteiger partial charge in [-0.05, 0) is 12.5 Å². The Labute approximate surface area is 76.3 Å². The molecule has 0 bridgehead atoms. The highest BCUT2D eigenvalue weighted by atomic mass is 31.2. The predicted octanol–water partition coefficient (Wildman–Crippen LogP) is 2.17. The first-order valence-corrected chi connectivity index (χ1v) is 5.50. The van der Waals surface area contributed by atoms with E-state index in [0.29, 0.717) is 5.56 Å². The smallest absolute Gasteiger partial charge is 0.323 e. The van der Waals surface area contributed by atoms with Crippen LogP contribution in [0, 0.1) is 6.92 Å². The quantitative estimate of drug-likeness (QED) is 0.447. The van der Waals surface area contributed by atoms with Gasteiger partial charge < -0.3 is 4.89 Å². The Morgan fingerprint density at radius 1 is 1.54 bits per heavy atom. The Morgan fingerprint density at radius 2 is 2.23 bits per heavy atom. The van der Waals surface area contributed by atoms with Crippen LogP contribution in [-0.4, -0.2) is 10.2 Å². The third kappa shape index (κ3) is 3.28. The summed E-state index contributed by atoms with van der Waals surface area (Å²) in [5.74, 6) is 0. The van der Waals surface area contributed by atoms with Crippen molar-refractivity contribution in [1.82, 2.24) is 0 Å². The fraction of sp³-hybridized carbons (Fsp3) is 0.250. The highest BCUT2D eigenvalue weighted by molar-refractivity contribution is 7.51. The van der Waals surface area contributed by atoms with Gasteiger partial charge in [0.2, 0.25) is 0 Å². The molecule has 5 heteroatoms. The van der Waals surface area contributed by atoms with E-state index in [1.165, 1.54) is 0 Å². The third-order valence-corrected chi connectivity index (χ3v) is 2.61. The molecule has 1 aromatic carbocycles. The van der Waals surface area contributed by atoms with E-state index < -0.39 is 7.60 Å². The molecule has 0 aromatic heterocycles. The van der Waals surface area contributed by atoms with E-state index in [1.54, 1.807) is 18.2 Å². The van der Waals surface area contributed by atoms with Gasteiger partial charge in [0.1, 0.15) is 0 Å². The molecule has 0 aliphatic carbocycles. The van der Waals surface area contributed by atoms with E-state index in [4.69, 9.17) is 10.2 Å². The zero-order valence-corrected chi connectivity index (χ0v) is 8.07. The predicted molar refractivity (Wildman–Crippen MR) is 48.4 cm³/mol. The minimum absolute atomic E-state index is 0.175. The van der Waals surface area contributed by atoms with Gasteiger partial charge >= 0.3 is 7.60 Å². The molecular formula is C8H11O4P. The fourth-order valence-corrected chi connectivity index (χ4v) is 1.79. The van der Waals surface area contributed by atoms with Crippen molar-refractivity contribution in [1.29, 1.82) is 0 Å². The largest absolute Gasteiger partial charge is 0.359 e. The van der Waals surface area contributed by atoms with Crippen molar-refractivity contribution in [2.24, 2.45) is 0 Å². The fourth-order valence-electron chi connectivity index (χ4n) is 1.07. The number of hydrogen-bond acceptors (Lipinski definition) is 3. The maximum atomic E-state index is 10.9. The van der Waals surface area contributed by atoms with Gasteiger partial charge in [-0.15, -0.1) is 0 Å².